The molecular formula is C24H25FN2O3. The van der Waals surface area contributed by atoms with E-state index in [4.69, 9.17) is 4.74 Å². The van der Waals surface area contributed by atoms with Crippen molar-refractivity contribution in [2.24, 2.45) is 0 Å². The average molecular weight is 408 g/mol. The summed E-state index contributed by atoms with van der Waals surface area (Å²) in [7, 11) is 1.65. The van der Waals surface area contributed by atoms with E-state index in [0.717, 1.165) is 40.5 Å². The number of piperidine rings is 1. The monoisotopic (exact) mass is 408 g/mol. The van der Waals surface area contributed by atoms with Crippen LogP contribution >= 0.6 is 0 Å². The first kappa shape index (κ1) is 20.0. The number of amides is 2. The Kier molecular flexibility index (Phi) is 5.74. The molecule has 1 aliphatic heterocycles. The van der Waals surface area contributed by atoms with Gasteiger partial charge in [0.25, 0.3) is 0 Å². The fourth-order valence-electron chi connectivity index (χ4n) is 4.02. The first-order chi connectivity index (χ1) is 14.5. The lowest BCUT2D eigenvalue weighted by Gasteiger charge is -2.33. The second kappa shape index (κ2) is 8.61. The number of likely N-dealkylation sites (tertiary alicyclic amines) is 1. The summed E-state index contributed by atoms with van der Waals surface area (Å²) in [4.78, 5) is 14.5. The van der Waals surface area contributed by atoms with Crippen LogP contribution in [0.15, 0.2) is 54.6 Å². The van der Waals surface area contributed by atoms with Crippen LogP contribution in [0.5, 0.6) is 11.5 Å². The molecule has 1 heterocycles. The average Bonchev–Trinajstić information content (AvgIpc) is 2.78. The van der Waals surface area contributed by atoms with Crippen molar-refractivity contribution in [3.05, 3.63) is 71.5 Å². The van der Waals surface area contributed by atoms with Gasteiger partial charge < -0.3 is 20.1 Å². The molecule has 5 nitrogen and oxygen atoms in total. The zero-order chi connectivity index (χ0) is 21.1. The van der Waals surface area contributed by atoms with E-state index in [1.54, 1.807) is 18.1 Å². The Balaban J connectivity index is 1.38. The van der Waals surface area contributed by atoms with Crippen molar-refractivity contribution in [1.29, 1.82) is 0 Å². The Morgan fingerprint density at radius 2 is 1.97 bits per heavy atom. The lowest BCUT2D eigenvalue weighted by atomic mass is 9.90. The van der Waals surface area contributed by atoms with Crippen molar-refractivity contribution in [2.45, 2.75) is 25.3 Å². The number of phenolic OH excluding ortho intramolecular Hbond substituents is 1. The van der Waals surface area contributed by atoms with E-state index in [-0.39, 0.29) is 17.7 Å². The van der Waals surface area contributed by atoms with Gasteiger partial charge in [0.05, 0.1) is 7.11 Å². The number of urea groups is 1. The van der Waals surface area contributed by atoms with Gasteiger partial charge in [0.1, 0.15) is 5.75 Å². The molecule has 0 spiro atoms. The van der Waals surface area contributed by atoms with E-state index in [9.17, 15) is 14.3 Å². The highest BCUT2D eigenvalue weighted by Crippen LogP contribution is 2.30. The number of fused-ring (bicyclic) bond motifs is 1. The lowest BCUT2D eigenvalue weighted by molar-refractivity contribution is 0.179. The molecule has 0 bridgehead atoms. The molecule has 1 saturated heterocycles. The number of phenols is 1. The number of carbonyl (C=O) groups excluding carboxylic acids is 1. The van der Waals surface area contributed by atoms with Crippen LogP contribution in [0.1, 0.15) is 29.9 Å². The van der Waals surface area contributed by atoms with Crippen molar-refractivity contribution in [3.63, 3.8) is 0 Å². The fraction of sp³-hybridized carbons (Fsp3) is 0.292. The summed E-state index contributed by atoms with van der Waals surface area (Å²) < 4.78 is 18.6. The van der Waals surface area contributed by atoms with E-state index in [1.165, 1.54) is 12.1 Å². The molecule has 2 amide bonds. The summed E-state index contributed by atoms with van der Waals surface area (Å²) >= 11 is 0. The number of hydrogen-bond acceptors (Lipinski definition) is 3. The molecule has 4 rings (SSSR count). The number of carbonyl (C=O) groups is 1. The zero-order valence-corrected chi connectivity index (χ0v) is 16.9. The molecule has 1 aliphatic rings. The van der Waals surface area contributed by atoms with Crippen LogP contribution in [0.25, 0.3) is 10.8 Å². The van der Waals surface area contributed by atoms with Crippen LogP contribution in [-0.2, 0) is 6.54 Å². The first-order valence-corrected chi connectivity index (χ1v) is 10.1. The maximum Gasteiger partial charge on any atom is 0.317 e. The van der Waals surface area contributed by atoms with Gasteiger partial charge in [0.2, 0.25) is 0 Å². The van der Waals surface area contributed by atoms with Crippen LogP contribution in [0.3, 0.4) is 0 Å². The summed E-state index contributed by atoms with van der Waals surface area (Å²) in [6, 6.07) is 16.3. The normalized spacial score (nSPS) is 16.5. The van der Waals surface area contributed by atoms with Crippen LogP contribution < -0.4 is 10.1 Å². The Bertz CT molecular complexity index is 1070. The van der Waals surface area contributed by atoms with Gasteiger partial charge in [-0.1, -0.05) is 24.3 Å². The van der Waals surface area contributed by atoms with Gasteiger partial charge >= 0.3 is 6.03 Å². The Hall–Kier alpha value is -3.28. The minimum atomic E-state index is -0.627. The number of methoxy groups -OCH3 is 1. The van der Waals surface area contributed by atoms with Crippen LogP contribution in [-0.4, -0.2) is 36.2 Å². The molecule has 156 valence electrons. The van der Waals surface area contributed by atoms with Gasteiger partial charge in [-0.05, 0) is 65.1 Å². The van der Waals surface area contributed by atoms with Crippen LogP contribution in [0.2, 0.25) is 0 Å². The predicted octanol–water partition coefficient (Wildman–Crippen LogP) is 4.78. The van der Waals surface area contributed by atoms with Gasteiger partial charge in [0.15, 0.2) is 11.6 Å². The topological polar surface area (TPSA) is 61.8 Å². The number of rotatable bonds is 4. The zero-order valence-electron chi connectivity index (χ0n) is 16.9. The number of ether oxygens (including phenoxy) is 1. The number of aromatic hydroxyl groups is 1. The summed E-state index contributed by atoms with van der Waals surface area (Å²) in [6.45, 7) is 1.68. The Labute approximate surface area is 175 Å². The van der Waals surface area contributed by atoms with E-state index < -0.39 is 5.82 Å². The van der Waals surface area contributed by atoms with Crippen molar-refractivity contribution in [1.82, 2.24) is 10.2 Å². The van der Waals surface area contributed by atoms with Gasteiger partial charge in [0, 0.05) is 25.6 Å². The van der Waals surface area contributed by atoms with Gasteiger partial charge in [-0.15, -0.1) is 0 Å². The largest absolute Gasteiger partial charge is 0.505 e. The smallest absolute Gasteiger partial charge is 0.317 e. The molecule has 0 saturated carbocycles. The summed E-state index contributed by atoms with van der Waals surface area (Å²) in [5.41, 5.74) is 1.88. The molecule has 6 heteroatoms. The molecule has 3 aromatic rings. The van der Waals surface area contributed by atoms with Crippen molar-refractivity contribution < 1.29 is 19.0 Å². The molecular weight excluding hydrogens is 383 g/mol. The molecule has 1 atom stereocenters. The van der Waals surface area contributed by atoms with Crippen LogP contribution in [0.4, 0.5) is 9.18 Å². The van der Waals surface area contributed by atoms with Gasteiger partial charge in [-0.3, -0.25) is 0 Å². The molecule has 0 aliphatic carbocycles. The minimum Gasteiger partial charge on any atom is -0.505 e. The third kappa shape index (κ3) is 4.32. The Morgan fingerprint density at radius 1 is 1.17 bits per heavy atom. The van der Waals surface area contributed by atoms with Crippen LogP contribution in [0, 0.1) is 5.82 Å². The second-order valence-electron chi connectivity index (χ2n) is 7.70. The van der Waals surface area contributed by atoms with E-state index in [1.807, 2.05) is 30.3 Å². The Morgan fingerprint density at radius 3 is 2.77 bits per heavy atom. The highest BCUT2D eigenvalue weighted by Gasteiger charge is 2.25. The fourth-order valence-corrected chi connectivity index (χ4v) is 4.02. The van der Waals surface area contributed by atoms with Crippen molar-refractivity contribution >= 4 is 16.8 Å². The number of benzene rings is 3. The third-order valence-corrected chi connectivity index (χ3v) is 5.71. The molecule has 1 unspecified atom stereocenters. The SMILES string of the molecule is COc1ccc2cc(CNC(=O)N3CCCC(c4ccc(F)c(O)c4)C3)ccc2c1. The molecule has 0 radical (unpaired) electrons. The summed E-state index contributed by atoms with van der Waals surface area (Å²) in [6.07, 6.45) is 1.77. The molecule has 1 fully saturated rings. The van der Waals surface area contributed by atoms with E-state index in [2.05, 4.69) is 11.4 Å². The minimum absolute atomic E-state index is 0.0895. The van der Waals surface area contributed by atoms with E-state index in [0.29, 0.717) is 19.6 Å². The highest BCUT2D eigenvalue weighted by atomic mass is 19.1. The first-order valence-electron chi connectivity index (χ1n) is 10.1. The molecule has 3 aromatic carbocycles. The maximum absolute atomic E-state index is 13.3. The maximum atomic E-state index is 13.3. The highest BCUT2D eigenvalue weighted by molar-refractivity contribution is 5.84. The molecule has 30 heavy (non-hydrogen) atoms. The standard InChI is InChI=1S/C24H25FN2O3/c1-30-21-8-6-17-11-16(4-5-18(17)12-21)14-26-24(29)27-10-2-3-20(15-27)19-7-9-22(25)23(28)13-19/h4-9,11-13,20,28H,2-3,10,14-15H2,1H3,(H,26,29). The van der Waals surface area contributed by atoms with Crippen molar-refractivity contribution in [2.75, 3.05) is 20.2 Å². The molecule has 0 aromatic heterocycles. The number of nitrogens with zero attached hydrogens (tertiary/aromatic N) is 1. The lowest BCUT2D eigenvalue weighted by Crippen LogP contribution is -2.44. The van der Waals surface area contributed by atoms with Gasteiger partial charge in [-0.2, -0.15) is 0 Å². The van der Waals surface area contributed by atoms with Crippen molar-refractivity contribution in [3.8, 4) is 11.5 Å². The number of hydrogen-bond donors (Lipinski definition) is 2. The van der Waals surface area contributed by atoms with Gasteiger partial charge in [-0.25, -0.2) is 9.18 Å². The summed E-state index contributed by atoms with van der Waals surface area (Å²) in [5.74, 6) is -0.0645. The summed E-state index contributed by atoms with van der Waals surface area (Å²) in [5, 5.41) is 14.8. The molecule has 2 N–H and O–H groups in total. The quantitative estimate of drug-likeness (QED) is 0.653. The number of halogens is 1. The number of nitrogens with one attached hydrogen (secondary N) is 1. The predicted molar refractivity (Wildman–Crippen MR) is 114 cm³/mol. The van der Waals surface area contributed by atoms with E-state index >= 15 is 0 Å². The third-order valence-electron chi connectivity index (χ3n) is 5.71. The second-order valence-corrected chi connectivity index (χ2v) is 7.70.